The normalized spacial score (nSPS) is 14.5. The van der Waals surface area contributed by atoms with E-state index in [1.165, 1.54) is 28.6 Å². The zero-order chi connectivity index (χ0) is 27.6. The molecule has 2 amide bonds. The van der Waals surface area contributed by atoms with Gasteiger partial charge in [0.2, 0.25) is 6.41 Å². The summed E-state index contributed by atoms with van der Waals surface area (Å²) in [5, 5.41) is 15.7. The number of amides is 2. The van der Waals surface area contributed by atoms with Crippen molar-refractivity contribution < 1.29 is 27.9 Å². The van der Waals surface area contributed by atoms with Crippen molar-refractivity contribution in [3.63, 3.8) is 0 Å². The fourth-order valence-electron chi connectivity index (χ4n) is 4.56. The molecule has 1 aromatic carbocycles. The van der Waals surface area contributed by atoms with Crippen LogP contribution in [-0.4, -0.2) is 56.1 Å². The molecule has 4 N–H and O–H groups in total. The minimum Gasteiger partial charge on any atom is -0.396 e. The number of aromatic nitrogens is 3. The van der Waals surface area contributed by atoms with Crippen molar-refractivity contribution in [3.8, 4) is 11.3 Å². The molecule has 0 bridgehead atoms. The second-order valence-electron chi connectivity index (χ2n) is 9.69. The largest absolute Gasteiger partial charge is 0.416 e. The number of benzene rings is 1. The highest BCUT2D eigenvalue weighted by Gasteiger charge is 2.35. The van der Waals surface area contributed by atoms with Crippen LogP contribution in [0, 0.1) is 12.8 Å². The Morgan fingerprint density at radius 2 is 2.08 bits per heavy atom. The van der Waals surface area contributed by atoms with Gasteiger partial charge in [-0.2, -0.15) is 13.2 Å². The van der Waals surface area contributed by atoms with E-state index in [9.17, 15) is 22.8 Å². The van der Waals surface area contributed by atoms with Crippen molar-refractivity contribution in [2.75, 3.05) is 18.9 Å². The van der Waals surface area contributed by atoms with Gasteiger partial charge in [-0.25, -0.2) is 9.50 Å². The average Bonchev–Trinajstić information content (AvgIpc) is 3.66. The van der Waals surface area contributed by atoms with Crippen LogP contribution in [0.5, 0.6) is 0 Å². The van der Waals surface area contributed by atoms with Crippen LogP contribution in [-0.2, 0) is 17.5 Å². The summed E-state index contributed by atoms with van der Waals surface area (Å²) in [4.78, 5) is 30.6. The van der Waals surface area contributed by atoms with Crippen LogP contribution >= 0.6 is 0 Å². The van der Waals surface area contributed by atoms with E-state index in [-0.39, 0.29) is 53.0 Å². The topological polar surface area (TPSA) is 126 Å². The highest BCUT2D eigenvalue weighted by molar-refractivity contribution is 6.04. The second-order valence-corrected chi connectivity index (χ2v) is 9.69. The Kier molecular flexibility index (Phi) is 7.91. The minimum absolute atomic E-state index is 0.00218. The molecular formula is C26H31F3N6O3. The molecular weight excluding hydrogens is 501 g/mol. The Hall–Kier alpha value is -3.67. The van der Waals surface area contributed by atoms with Gasteiger partial charge in [-0.15, -0.1) is 5.10 Å². The summed E-state index contributed by atoms with van der Waals surface area (Å²) in [7, 11) is 0. The van der Waals surface area contributed by atoms with Crippen LogP contribution in [0.15, 0.2) is 24.4 Å². The number of aliphatic hydroxyl groups is 1. The summed E-state index contributed by atoms with van der Waals surface area (Å²) >= 11 is 0. The molecule has 2 aromatic heterocycles. The Morgan fingerprint density at radius 3 is 2.71 bits per heavy atom. The first kappa shape index (κ1) is 27.4. The van der Waals surface area contributed by atoms with E-state index < -0.39 is 17.6 Å². The number of anilines is 1. The zero-order valence-electron chi connectivity index (χ0n) is 21.3. The van der Waals surface area contributed by atoms with Crippen molar-refractivity contribution in [2.24, 2.45) is 5.92 Å². The maximum Gasteiger partial charge on any atom is 0.416 e. The lowest BCUT2D eigenvalue weighted by Crippen LogP contribution is -2.33. The number of aliphatic hydroxyl groups excluding tert-OH is 1. The Bertz CT molecular complexity index is 1340. The van der Waals surface area contributed by atoms with Crippen molar-refractivity contribution in [1.82, 2.24) is 24.8 Å². The number of nitrogens with zero attached hydrogens (tertiary/aromatic N) is 4. The number of nitrogens with one attached hydrogen (secondary N) is 1. The first-order valence-corrected chi connectivity index (χ1v) is 12.5. The summed E-state index contributed by atoms with van der Waals surface area (Å²) in [6.07, 6.45) is 0.619. The molecule has 0 saturated heterocycles. The van der Waals surface area contributed by atoms with Crippen LogP contribution in [0.4, 0.5) is 19.0 Å². The molecule has 1 fully saturated rings. The van der Waals surface area contributed by atoms with E-state index in [2.05, 4.69) is 15.4 Å². The number of carbonyl (C=O) groups is 2. The van der Waals surface area contributed by atoms with Gasteiger partial charge in [-0.1, -0.05) is 0 Å². The fraction of sp³-hybridized carbons (Fsp3) is 0.462. The number of hydrogen-bond donors (Lipinski definition) is 3. The lowest BCUT2D eigenvalue weighted by atomic mass is 9.96. The zero-order valence-corrected chi connectivity index (χ0v) is 21.3. The van der Waals surface area contributed by atoms with Crippen LogP contribution in [0.3, 0.4) is 0 Å². The van der Waals surface area contributed by atoms with Gasteiger partial charge in [0.25, 0.3) is 5.91 Å². The summed E-state index contributed by atoms with van der Waals surface area (Å²) < 4.78 is 43.4. The lowest BCUT2D eigenvalue weighted by molar-refractivity contribution is -0.138. The summed E-state index contributed by atoms with van der Waals surface area (Å²) in [5.41, 5.74) is 6.09. The third-order valence-corrected chi connectivity index (χ3v) is 7.04. The molecule has 4 rings (SSSR count). The fourth-order valence-corrected chi connectivity index (χ4v) is 4.56. The molecule has 2 heterocycles. The van der Waals surface area contributed by atoms with Crippen LogP contribution in [0.25, 0.3) is 16.9 Å². The van der Waals surface area contributed by atoms with E-state index in [1.54, 1.807) is 6.07 Å². The van der Waals surface area contributed by atoms with Gasteiger partial charge in [-0.05, 0) is 74.8 Å². The number of fused-ring (bicyclic) bond motifs is 1. The van der Waals surface area contributed by atoms with Crippen molar-refractivity contribution in [2.45, 2.75) is 58.3 Å². The predicted molar refractivity (Wildman–Crippen MR) is 135 cm³/mol. The van der Waals surface area contributed by atoms with Gasteiger partial charge >= 0.3 is 6.18 Å². The number of hydrogen-bond acceptors (Lipinski definition) is 6. The molecule has 1 saturated carbocycles. The van der Waals surface area contributed by atoms with Crippen LogP contribution in [0.2, 0.25) is 0 Å². The first-order valence-electron chi connectivity index (χ1n) is 12.5. The number of carbonyl (C=O) groups excluding carboxylic acids is 2. The van der Waals surface area contributed by atoms with Gasteiger partial charge in [0.05, 0.1) is 11.3 Å². The monoisotopic (exact) mass is 532 g/mol. The lowest BCUT2D eigenvalue weighted by Gasteiger charge is -2.27. The molecule has 1 aliphatic carbocycles. The van der Waals surface area contributed by atoms with Gasteiger partial charge in [0.15, 0.2) is 11.5 Å². The standard InChI is InChI=1S/C26H31F3N6O3/c1-15-19(13-34(14-37)16(2)17-5-6-17)11-18(12-20(15)26(27,28)29)21-7-9-35-24(32-21)22(23(30)33-35)25(38)31-8-3-4-10-36/h7,9,11-12,14,16-17,36H,3-6,8,10,13H2,1-2H3,(H2,30,33)(H,31,38). The quantitative estimate of drug-likeness (QED) is 0.256. The maximum absolute atomic E-state index is 14.0. The molecule has 0 aliphatic heterocycles. The number of rotatable bonds is 11. The number of alkyl halides is 3. The molecule has 1 atom stereocenters. The third kappa shape index (κ3) is 5.74. The van der Waals surface area contributed by atoms with Crippen molar-refractivity contribution in [3.05, 3.63) is 46.6 Å². The van der Waals surface area contributed by atoms with E-state index in [1.807, 2.05) is 6.92 Å². The second kappa shape index (κ2) is 11.0. The average molecular weight is 533 g/mol. The summed E-state index contributed by atoms with van der Waals surface area (Å²) in [5.74, 6) is -0.225. The van der Waals surface area contributed by atoms with Crippen molar-refractivity contribution >= 4 is 23.8 Å². The number of halogens is 3. The first-order chi connectivity index (χ1) is 18.0. The van der Waals surface area contributed by atoms with Crippen molar-refractivity contribution in [1.29, 1.82) is 0 Å². The Balaban J connectivity index is 1.75. The number of nitrogen functional groups attached to an aromatic ring is 1. The SMILES string of the molecule is Cc1c(CN(C=O)C(C)C2CC2)cc(-c2ccn3nc(N)c(C(=O)NCCCCO)c3n2)cc1C(F)(F)F. The van der Waals surface area contributed by atoms with E-state index in [0.29, 0.717) is 37.3 Å². The minimum atomic E-state index is -4.62. The van der Waals surface area contributed by atoms with Crippen LogP contribution in [0.1, 0.15) is 59.7 Å². The summed E-state index contributed by atoms with van der Waals surface area (Å²) in [6.45, 7) is 3.65. The number of nitrogens with two attached hydrogens (primary N) is 1. The number of unbranched alkanes of at least 4 members (excludes halogenated alkanes) is 1. The third-order valence-electron chi connectivity index (χ3n) is 7.04. The highest BCUT2D eigenvalue weighted by atomic mass is 19.4. The van der Waals surface area contributed by atoms with Crippen LogP contribution < -0.4 is 11.1 Å². The molecule has 38 heavy (non-hydrogen) atoms. The molecule has 9 nitrogen and oxygen atoms in total. The Labute approximate surface area is 217 Å². The molecule has 3 aromatic rings. The molecule has 0 radical (unpaired) electrons. The smallest absolute Gasteiger partial charge is 0.396 e. The predicted octanol–water partition coefficient (Wildman–Crippen LogP) is 3.56. The molecule has 12 heteroatoms. The van der Waals surface area contributed by atoms with E-state index in [4.69, 9.17) is 10.8 Å². The maximum atomic E-state index is 14.0. The van der Waals surface area contributed by atoms with Gasteiger partial charge in [-0.3, -0.25) is 9.59 Å². The molecule has 0 spiro atoms. The van der Waals surface area contributed by atoms with Gasteiger partial charge in [0.1, 0.15) is 5.56 Å². The molecule has 1 unspecified atom stereocenters. The van der Waals surface area contributed by atoms with E-state index >= 15 is 0 Å². The van der Waals surface area contributed by atoms with Gasteiger partial charge < -0.3 is 21.1 Å². The summed E-state index contributed by atoms with van der Waals surface area (Å²) in [6, 6.07) is 4.06. The Morgan fingerprint density at radius 1 is 1.34 bits per heavy atom. The highest BCUT2D eigenvalue weighted by Crippen LogP contribution is 2.38. The van der Waals surface area contributed by atoms with Gasteiger partial charge in [0, 0.05) is 37.5 Å². The molecule has 1 aliphatic rings. The van der Waals surface area contributed by atoms with E-state index in [0.717, 1.165) is 18.9 Å². The molecule has 204 valence electrons.